The fourth-order valence-electron chi connectivity index (χ4n) is 3.35. The lowest BCUT2D eigenvalue weighted by Crippen LogP contribution is -2.50. The summed E-state index contributed by atoms with van der Waals surface area (Å²) in [5.41, 5.74) is 0.757. The summed E-state index contributed by atoms with van der Waals surface area (Å²) >= 11 is 0. The first-order valence-corrected chi connectivity index (χ1v) is 9.72. The Labute approximate surface area is 178 Å². The van der Waals surface area contributed by atoms with Gasteiger partial charge < -0.3 is 15.0 Å². The highest BCUT2D eigenvalue weighted by molar-refractivity contribution is 5.96. The molecule has 1 aliphatic heterocycles. The molecule has 0 unspecified atom stereocenters. The van der Waals surface area contributed by atoms with Gasteiger partial charge in [0.1, 0.15) is 0 Å². The lowest BCUT2D eigenvalue weighted by molar-refractivity contribution is -0.384. The van der Waals surface area contributed by atoms with E-state index in [9.17, 15) is 24.1 Å². The van der Waals surface area contributed by atoms with Crippen LogP contribution in [0.4, 0.5) is 10.1 Å². The highest BCUT2D eigenvalue weighted by Gasteiger charge is 2.22. The number of nitrogens with zero attached hydrogens (tertiary/aromatic N) is 3. The molecule has 1 N–H and O–H groups in total. The molecule has 0 bridgehead atoms. The maximum atomic E-state index is 13.8. The number of hydrogen-bond acceptors (Lipinski definition) is 6. The third kappa shape index (κ3) is 5.76. The van der Waals surface area contributed by atoms with Crippen molar-refractivity contribution < 1.29 is 23.6 Å². The first-order valence-electron chi connectivity index (χ1n) is 9.72. The van der Waals surface area contributed by atoms with E-state index >= 15 is 0 Å². The van der Waals surface area contributed by atoms with E-state index in [1.807, 2.05) is 6.07 Å². The number of piperazine rings is 1. The van der Waals surface area contributed by atoms with Crippen molar-refractivity contribution >= 4 is 17.5 Å². The number of hydrogen-bond donors (Lipinski definition) is 1. The Bertz CT molecular complexity index is 976. The SMILES string of the molecule is COc1ccc(CN2CCN(C(=O)CNC(=O)c3cccc([N+](=O)[O-])c3)CC2)cc1F. The zero-order chi connectivity index (χ0) is 22.4. The number of rotatable bonds is 7. The predicted molar refractivity (Wildman–Crippen MR) is 110 cm³/mol. The standard InChI is InChI=1S/C21H23FN4O5/c1-31-19-6-5-15(11-18(19)22)14-24-7-9-25(10-8-24)20(27)13-23-21(28)16-3-2-4-17(12-16)26(29)30/h2-6,11-12H,7-10,13-14H2,1H3,(H,23,28). The highest BCUT2D eigenvalue weighted by Crippen LogP contribution is 2.19. The van der Waals surface area contributed by atoms with E-state index in [1.54, 1.807) is 11.0 Å². The number of non-ortho nitro benzene ring substituents is 1. The molecule has 164 valence electrons. The van der Waals surface area contributed by atoms with Crippen LogP contribution in [-0.2, 0) is 11.3 Å². The Morgan fingerprint density at radius 3 is 2.55 bits per heavy atom. The molecule has 3 rings (SSSR count). The summed E-state index contributed by atoms with van der Waals surface area (Å²) in [4.78, 5) is 38.6. The van der Waals surface area contributed by atoms with Crippen molar-refractivity contribution in [3.8, 4) is 5.75 Å². The molecule has 1 aliphatic rings. The number of ether oxygens (including phenoxy) is 1. The minimum Gasteiger partial charge on any atom is -0.494 e. The van der Waals surface area contributed by atoms with Crippen LogP contribution in [0.5, 0.6) is 5.75 Å². The highest BCUT2D eigenvalue weighted by atomic mass is 19.1. The second-order valence-electron chi connectivity index (χ2n) is 7.12. The molecule has 0 radical (unpaired) electrons. The van der Waals surface area contributed by atoms with Gasteiger partial charge in [-0.2, -0.15) is 0 Å². The molecule has 10 heteroatoms. The van der Waals surface area contributed by atoms with Crippen LogP contribution in [0.1, 0.15) is 15.9 Å². The average molecular weight is 430 g/mol. The van der Waals surface area contributed by atoms with Gasteiger partial charge in [-0.05, 0) is 23.8 Å². The first kappa shape index (κ1) is 22.2. The van der Waals surface area contributed by atoms with Crippen LogP contribution < -0.4 is 10.1 Å². The summed E-state index contributed by atoms with van der Waals surface area (Å²) in [6.07, 6.45) is 0. The van der Waals surface area contributed by atoms with E-state index in [-0.39, 0.29) is 29.5 Å². The van der Waals surface area contributed by atoms with Crippen molar-refractivity contribution in [3.63, 3.8) is 0 Å². The van der Waals surface area contributed by atoms with Crippen LogP contribution in [-0.4, -0.2) is 66.4 Å². The molecule has 1 saturated heterocycles. The summed E-state index contributed by atoms with van der Waals surface area (Å²) in [5.74, 6) is -0.981. The van der Waals surface area contributed by atoms with Gasteiger partial charge in [-0.15, -0.1) is 0 Å². The number of halogens is 1. The van der Waals surface area contributed by atoms with Gasteiger partial charge in [0.05, 0.1) is 18.6 Å². The smallest absolute Gasteiger partial charge is 0.270 e. The molecule has 2 amide bonds. The summed E-state index contributed by atoms with van der Waals surface area (Å²) < 4.78 is 18.8. The Hall–Kier alpha value is -3.53. The van der Waals surface area contributed by atoms with Crippen LogP contribution in [0.25, 0.3) is 0 Å². The number of benzene rings is 2. The normalized spacial score (nSPS) is 14.2. The second-order valence-corrected chi connectivity index (χ2v) is 7.12. The average Bonchev–Trinajstić information content (AvgIpc) is 2.78. The van der Waals surface area contributed by atoms with E-state index in [0.717, 1.165) is 5.56 Å². The van der Waals surface area contributed by atoms with Gasteiger partial charge in [-0.1, -0.05) is 12.1 Å². The lowest BCUT2D eigenvalue weighted by atomic mass is 10.1. The number of nitro groups is 1. The zero-order valence-electron chi connectivity index (χ0n) is 17.0. The van der Waals surface area contributed by atoms with Crippen molar-refractivity contribution in [2.45, 2.75) is 6.54 Å². The first-order chi connectivity index (χ1) is 14.9. The minimum absolute atomic E-state index is 0.124. The fraction of sp³-hybridized carbons (Fsp3) is 0.333. The van der Waals surface area contributed by atoms with Crippen molar-refractivity contribution in [1.82, 2.24) is 15.1 Å². The van der Waals surface area contributed by atoms with E-state index in [4.69, 9.17) is 4.74 Å². The quantitative estimate of drug-likeness (QED) is 0.531. The van der Waals surface area contributed by atoms with Gasteiger partial charge in [-0.25, -0.2) is 4.39 Å². The molecule has 0 aromatic heterocycles. The molecule has 0 spiro atoms. The molecule has 0 atom stereocenters. The van der Waals surface area contributed by atoms with Gasteiger partial charge in [0.15, 0.2) is 11.6 Å². The van der Waals surface area contributed by atoms with Crippen molar-refractivity contribution in [3.05, 3.63) is 69.5 Å². The van der Waals surface area contributed by atoms with Gasteiger partial charge >= 0.3 is 0 Å². The topological polar surface area (TPSA) is 105 Å². The largest absolute Gasteiger partial charge is 0.494 e. The molecular formula is C21H23FN4O5. The molecule has 2 aromatic rings. The van der Waals surface area contributed by atoms with Gasteiger partial charge in [0, 0.05) is 50.4 Å². The zero-order valence-corrected chi connectivity index (χ0v) is 17.0. The maximum Gasteiger partial charge on any atom is 0.270 e. The van der Waals surface area contributed by atoms with Crippen molar-refractivity contribution in [2.24, 2.45) is 0 Å². The molecule has 0 aliphatic carbocycles. The van der Waals surface area contributed by atoms with Crippen LogP contribution in [0.15, 0.2) is 42.5 Å². The van der Waals surface area contributed by atoms with Crippen LogP contribution >= 0.6 is 0 Å². The maximum absolute atomic E-state index is 13.8. The number of carbonyl (C=O) groups is 2. The van der Waals surface area contributed by atoms with Crippen LogP contribution in [0.2, 0.25) is 0 Å². The molecule has 0 saturated carbocycles. The van der Waals surface area contributed by atoms with Crippen molar-refractivity contribution in [2.75, 3.05) is 39.8 Å². The van der Waals surface area contributed by atoms with E-state index in [2.05, 4.69) is 10.2 Å². The van der Waals surface area contributed by atoms with Crippen LogP contribution in [0, 0.1) is 15.9 Å². The monoisotopic (exact) mass is 430 g/mol. The Morgan fingerprint density at radius 1 is 1.16 bits per heavy atom. The Kier molecular flexibility index (Phi) is 7.14. The minimum atomic E-state index is -0.582. The summed E-state index contributed by atoms with van der Waals surface area (Å²) in [7, 11) is 1.42. The number of carbonyl (C=O) groups excluding carboxylic acids is 2. The predicted octanol–water partition coefficient (Wildman–Crippen LogP) is 1.82. The number of amides is 2. The molecule has 31 heavy (non-hydrogen) atoms. The van der Waals surface area contributed by atoms with E-state index in [1.165, 1.54) is 37.4 Å². The molecule has 1 heterocycles. The molecule has 1 fully saturated rings. The number of methoxy groups -OCH3 is 1. The van der Waals surface area contributed by atoms with Crippen LogP contribution in [0.3, 0.4) is 0 Å². The third-order valence-electron chi connectivity index (χ3n) is 5.07. The number of nitrogens with one attached hydrogen (secondary N) is 1. The lowest BCUT2D eigenvalue weighted by Gasteiger charge is -2.34. The van der Waals surface area contributed by atoms with Gasteiger partial charge in [0.25, 0.3) is 11.6 Å². The third-order valence-corrected chi connectivity index (χ3v) is 5.07. The number of nitro benzene ring substituents is 1. The Balaban J connectivity index is 1.46. The summed E-state index contributed by atoms with van der Waals surface area (Å²) in [6.45, 7) is 2.60. The summed E-state index contributed by atoms with van der Waals surface area (Å²) in [5, 5.41) is 13.3. The Morgan fingerprint density at radius 2 is 1.90 bits per heavy atom. The van der Waals surface area contributed by atoms with E-state index in [0.29, 0.717) is 32.7 Å². The van der Waals surface area contributed by atoms with Crippen molar-refractivity contribution in [1.29, 1.82) is 0 Å². The molecule has 2 aromatic carbocycles. The van der Waals surface area contributed by atoms with E-state index < -0.39 is 16.6 Å². The van der Waals surface area contributed by atoms with Gasteiger partial charge in [-0.3, -0.25) is 24.6 Å². The molecule has 9 nitrogen and oxygen atoms in total. The fourth-order valence-corrected chi connectivity index (χ4v) is 3.35. The summed E-state index contributed by atoms with van der Waals surface area (Å²) in [6, 6.07) is 10.2. The molecular weight excluding hydrogens is 407 g/mol. The van der Waals surface area contributed by atoms with Gasteiger partial charge in [0.2, 0.25) is 5.91 Å². The second kappa shape index (κ2) is 9.98.